The average molecular weight is 407 g/mol. The Hall–Kier alpha value is -3.07. The van der Waals surface area contributed by atoms with Gasteiger partial charge in [0.15, 0.2) is 0 Å². The molecule has 0 aliphatic heterocycles. The maximum atomic E-state index is 12.2. The quantitative estimate of drug-likeness (QED) is 0.502. The molecule has 0 bridgehead atoms. The molecule has 3 aromatic rings. The van der Waals surface area contributed by atoms with Gasteiger partial charge in [-0.1, -0.05) is 29.5 Å². The van der Waals surface area contributed by atoms with E-state index in [1.54, 1.807) is 18.3 Å². The van der Waals surface area contributed by atoms with Gasteiger partial charge in [0.1, 0.15) is 5.82 Å². The lowest BCUT2D eigenvalue weighted by Crippen LogP contribution is -2.27. The van der Waals surface area contributed by atoms with Gasteiger partial charge in [0.05, 0.1) is 5.56 Å². The molecule has 0 radical (unpaired) electrons. The molecule has 0 saturated heterocycles. The van der Waals surface area contributed by atoms with Crippen LogP contribution in [0.15, 0.2) is 48.7 Å². The van der Waals surface area contributed by atoms with Crippen LogP contribution in [0.1, 0.15) is 27.9 Å². The molecule has 1 amide bonds. The third-order valence-corrected chi connectivity index (χ3v) is 4.67. The second-order valence-electron chi connectivity index (χ2n) is 6.99. The maximum Gasteiger partial charge on any atom is 0.251 e. The number of nitrogens with one attached hydrogen (secondary N) is 1. The zero-order chi connectivity index (χ0) is 20.8. The summed E-state index contributed by atoms with van der Waals surface area (Å²) in [5.74, 6) is 6.47. The Labute approximate surface area is 175 Å². The fourth-order valence-electron chi connectivity index (χ4n) is 2.87. The Morgan fingerprint density at radius 2 is 1.93 bits per heavy atom. The number of carbonyl (C=O) groups is 1. The van der Waals surface area contributed by atoms with Crippen LogP contribution in [0.2, 0.25) is 5.02 Å². The third kappa shape index (κ3) is 5.47. The molecule has 148 valence electrons. The summed E-state index contributed by atoms with van der Waals surface area (Å²) >= 11 is 6.12. The predicted molar refractivity (Wildman–Crippen MR) is 119 cm³/mol. The van der Waals surface area contributed by atoms with Crippen LogP contribution in [0.25, 0.3) is 10.8 Å². The standard InChI is InChI=1S/C23H23ClN4O/c1-28(2)13-3-12-26-23(29)17-7-4-16(5-8-17)6-11-20-21-14-19(24)10-9-18(21)15-27-22(20)25/h4-5,7-10,14-15H,3,12-13H2,1-2H3,(H2,25,27)(H,26,29). The summed E-state index contributed by atoms with van der Waals surface area (Å²) in [6.45, 7) is 1.58. The minimum atomic E-state index is -0.0830. The highest BCUT2D eigenvalue weighted by molar-refractivity contribution is 6.31. The van der Waals surface area contributed by atoms with Gasteiger partial charge in [0.25, 0.3) is 5.91 Å². The molecular weight excluding hydrogens is 384 g/mol. The van der Waals surface area contributed by atoms with Crippen LogP contribution in [-0.2, 0) is 0 Å². The number of anilines is 1. The molecule has 0 unspecified atom stereocenters. The lowest BCUT2D eigenvalue weighted by atomic mass is 10.1. The van der Waals surface area contributed by atoms with Crippen molar-refractivity contribution in [3.05, 3.63) is 70.4 Å². The number of benzene rings is 2. The van der Waals surface area contributed by atoms with E-state index in [1.807, 2.05) is 44.4 Å². The van der Waals surface area contributed by atoms with Gasteiger partial charge in [0, 0.05) is 39.7 Å². The second kappa shape index (κ2) is 9.42. The average Bonchev–Trinajstić information content (AvgIpc) is 2.70. The van der Waals surface area contributed by atoms with E-state index in [4.69, 9.17) is 17.3 Å². The van der Waals surface area contributed by atoms with Gasteiger partial charge in [-0.3, -0.25) is 4.79 Å². The molecule has 0 atom stereocenters. The first-order valence-electron chi connectivity index (χ1n) is 9.33. The van der Waals surface area contributed by atoms with Crippen molar-refractivity contribution in [2.24, 2.45) is 0 Å². The number of nitrogen functional groups attached to an aromatic ring is 1. The first-order chi connectivity index (χ1) is 13.9. The van der Waals surface area contributed by atoms with E-state index in [0.29, 0.717) is 28.5 Å². The molecule has 0 aliphatic rings. The number of hydrogen-bond donors (Lipinski definition) is 2. The largest absolute Gasteiger partial charge is 0.383 e. The molecule has 0 fully saturated rings. The fraction of sp³-hybridized carbons (Fsp3) is 0.217. The minimum absolute atomic E-state index is 0.0830. The Balaban J connectivity index is 1.74. The maximum absolute atomic E-state index is 12.2. The van der Waals surface area contributed by atoms with Crippen LogP contribution in [0, 0.1) is 11.8 Å². The molecule has 2 aromatic carbocycles. The zero-order valence-electron chi connectivity index (χ0n) is 16.5. The van der Waals surface area contributed by atoms with Crippen molar-refractivity contribution in [1.29, 1.82) is 0 Å². The van der Waals surface area contributed by atoms with Crippen LogP contribution in [0.5, 0.6) is 0 Å². The highest BCUT2D eigenvalue weighted by Gasteiger charge is 2.06. The number of rotatable bonds is 5. The smallest absolute Gasteiger partial charge is 0.251 e. The fourth-order valence-corrected chi connectivity index (χ4v) is 3.04. The molecule has 0 aliphatic carbocycles. The van der Waals surface area contributed by atoms with E-state index < -0.39 is 0 Å². The van der Waals surface area contributed by atoms with Crippen LogP contribution < -0.4 is 11.1 Å². The molecule has 5 nitrogen and oxygen atoms in total. The Morgan fingerprint density at radius 1 is 1.17 bits per heavy atom. The number of nitrogens with two attached hydrogens (primary N) is 1. The molecule has 0 spiro atoms. The van der Waals surface area contributed by atoms with E-state index in [1.165, 1.54) is 0 Å². The summed E-state index contributed by atoms with van der Waals surface area (Å²) in [5.41, 5.74) is 8.07. The zero-order valence-corrected chi connectivity index (χ0v) is 17.3. The van der Waals surface area contributed by atoms with E-state index in [9.17, 15) is 4.79 Å². The molecule has 3 N–H and O–H groups in total. The van der Waals surface area contributed by atoms with Gasteiger partial charge >= 0.3 is 0 Å². The number of halogens is 1. The van der Waals surface area contributed by atoms with Crippen molar-refractivity contribution in [2.75, 3.05) is 32.9 Å². The summed E-state index contributed by atoms with van der Waals surface area (Å²) in [5, 5.41) is 5.34. The van der Waals surface area contributed by atoms with Crippen LogP contribution in [0.3, 0.4) is 0 Å². The van der Waals surface area contributed by atoms with Gasteiger partial charge in [0.2, 0.25) is 0 Å². The third-order valence-electron chi connectivity index (χ3n) is 4.43. The van der Waals surface area contributed by atoms with E-state index in [-0.39, 0.29) is 5.91 Å². The van der Waals surface area contributed by atoms with Gasteiger partial charge < -0.3 is 16.0 Å². The van der Waals surface area contributed by atoms with Crippen LogP contribution >= 0.6 is 11.6 Å². The molecule has 0 saturated carbocycles. The summed E-state index contributed by atoms with van der Waals surface area (Å²) in [4.78, 5) is 18.5. The van der Waals surface area contributed by atoms with Gasteiger partial charge in [-0.05, 0) is 63.5 Å². The van der Waals surface area contributed by atoms with Crippen molar-refractivity contribution in [1.82, 2.24) is 15.2 Å². The number of nitrogens with zero attached hydrogens (tertiary/aromatic N) is 2. The Kier molecular flexibility index (Phi) is 6.71. The van der Waals surface area contributed by atoms with E-state index >= 15 is 0 Å². The molecular formula is C23H23ClN4O. The number of fused-ring (bicyclic) bond motifs is 1. The van der Waals surface area contributed by atoms with Crippen LogP contribution in [0.4, 0.5) is 5.82 Å². The van der Waals surface area contributed by atoms with Crippen molar-refractivity contribution < 1.29 is 4.79 Å². The highest BCUT2D eigenvalue weighted by atomic mass is 35.5. The predicted octanol–water partition coefficient (Wildman–Crippen LogP) is 3.55. The number of amides is 1. The summed E-state index contributed by atoms with van der Waals surface area (Å²) in [7, 11) is 4.02. The topological polar surface area (TPSA) is 71.2 Å². The number of hydrogen-bond acceptors (Lipinski definition) is 4. The summed E-state index contributed by atoms with van der Waals surface area (Å²) in [6.07, 6.45) is 2.62. The SMILES string of the molecule is CN(C)CCCNC(=O)c1ccc(C#Cc2c(N)ncc3ccc(Cl)cc23)cc1. The highest BCUT2D eigenvalue weighted by Crippen LogP contribution is 2.24. The molecule has 1 aromatic heterocycles. The van der Waals surface area contributed by atoms with Gasteiger partial charge in [-0.25, -0.2) is 4.98 Å². The second-order valence-corrected chi connectivity index (χ2v) is 7.43. The summed E-state index contributed by atoms with van der Waals surface area (Å²) < 4.78 is 0. The molecule has 29 heavy (non-hydrogen) atoms. The molecule has 1 heterocycles. The number of pyridine rings is 1. The summed E-state index contributed by atoms with van der Waals surface area (Å²) in [6, 6.07) is 12.7. The van der Waals surface area contributed by atoms with E-state index in [2.05, 4.69) is 27.0 Å². The number of aromatic nitrogens is 1. The van der Waals surface area contributed by atoms with Gasteiger partial charge in [-0.15, -0.1) is 0 Å². The minimum Gasteiger partial charge on any atom is -0.383 e. The molecule has 3 rings (SSSR count). The van der Waals surface area contributed by atoms with Crippen LogP contribution in [-0.4, -0.2) is 43.0 Å². The Bertz CT molecular complexity index is 1080. The monoisotopic (exact) mass is 406 g/mol. The van der Waals surface area contributed by atoms with Crippen molar-refractivity contribution in [3.63, 3.8) is 0 Å². The lowest BCUT2D eigenvalue weighted by molar-refractivity contribution is 0.0952. The van der Waals surface area contributed by atoms with Crippen molar-refractivity contribution >= 4 is 34.1 Å². The number of carbonyl (C=O) groups excluding carboxylic acids is 1. The lowest BCUT2D eigenvalue weighted by Gasteiger charge is -2.09. The first-order valence-corrected chi connectivity index (χ1v) is 9.70. The first kappa shape index (κ1) is 20.7. The Morgan fingerprint density at radius 3 is 2.66 bits per heavy atom. The normalized spacial score (nSPS) is 10.6. The van der Waals surface area contributed by atoms with Crippen molar-refractivity contribution in [2.45, 2.75) is 6.42 Å². The van der Waals surface area contributed by atoms with E-state index in [0.717, 1.165) is 29.3 Å². The van der Waals surface area contributed by atoms with Gasteiger partial charge in [-0.2, -0.15) is 0 Å². The molecule has 6 heteroatoms. The van der Waals surface area contributed by atoms with Crippen molar-refractivity contribution in [3.8, 4) is 11.8 Å².